The van der Waals surface area contributed by atoms with E-state index in [1.54, 1.807) is 0 Å². The summed E-state index contributed by atoms with van der Waals surface area (Å²) < 4.78 is 0. The summed E-state index contributed by atoms with van der Waals surface area (Å²) in [5, 5.41) is 2.93. The third kappa shape index (κ3) is 1.78. The maximum atomic E-state index is 11.6. The smallest absolute Gasteiger partial charge is 0.223 e. The second-order valence-electron chi connectivity index (χ2n) is 4.62. The van der Waals surface area contributed by atoms with Gasteiger partial charge in [-0.05, 0) is 31.2 Å². The molecule has 0 aromatic carbocycles. The Morgan fingerprint density at radius 3 is 2.64 bits per heavy atom. The van der Waals surface area contributed by atoms with Crippen molar-refractivity contribution < 1.29 is 4.79 Å². The molecule has 14 heavy (non-hydrogen) atoms. The molecule has 1 saturated heterocycles. The van der Waals surface area contributed by atoms with Crippen LogP contribution in [0.2, 0.25) is 0 Å². The zero-order valence-corrected chi connectivity index (χ0v) is 8.67. The Balaban J connectivity index is 1.97. The third-order valence-corrected chi connectivity index (χ3v) is 3.86. The van der Waals surface area contributed by atoms with E-state index in [2.05, 4.69) is 5.32 Å². The molecule has 0 bridgehead atoms. The Morgan fingerprint density at radius 1 is 1.43 bits per heavy atom. The van der Waals surface area contributed by atoms with Gasteiger partial charge in [-0.1, -0.05) is 19.3 Å². The van der Waals surface area contributed by atoms with Crippen molar-refractivity contribution in [3.05, 3.63) is 0 Å². The molecule has 1 aliphatic carbocycles. The van der Waals surface area contributed by atoms with Crippen LogP contribution >= 0.6 is 0 Å². The molecule has 1 saturated carbocycles. The van der Waals surface area contributed by atoms with Crippen molar-refractivity contribution >= 4 is 5.91 Å². The molecule has 0 aromatic heterocycles. The lowest BCUT2D eigenvalue weighted by Crippen LogP contribution is -2.34. The highest BCUT2D eigenvalue weighted by Gasteiger charge is 2.38. The van der Waals surface area contributed by atoms with Crippen molar-refractivity contribution in [1.29, 1.82) is 0 Å². The molecule has 0 spiro atoms. The summed E-state index contributed by atoms with van der Waals surface area (Å²) in [6.07, 6.45) is 6.03. The van der Waals surface area contributed by atoms with E-state index >= 15 is 0 Å². The minimum Gasteiger partial charge on any atom is -0.356 e. The topological polar surface area (TPSA) is 55.1 Å². The summed E-state index contributed by atoms with van der Waals surface area (Å²) in [4.78, 5) is 11.6. The second-order valence-corrected chi connectivity index (χ2v) is 4.62. The van der Waals surface area contributed by atoms with Crippen molar-refractivity contribution in [2.24, 2.45) is 23.5 Å². The van der Waals surface area contributed by atoms with Gasteiger partial charge in [0.15, 0.2) is 0 Å². The average Bonchev–Trinajstić information content (AvgIpc) is 2.47. The quantitative estimate of drug-likeness (QED) is 0.701. The van der Waals surface area contributed by atoms with E-state index in [0.717, 1.165) is 31.8 Å². The molecule has 80 valence electrons. The molecule has 3 N–H and O–H groups in total. The number of nitrogens with two attached hydrogens (primary N) is 1. The number of carbonyl (C=O) groups excluding carboxylic acids is 1. The maximum Gasteiger partial charge on any atom is 0.223 e. The van der Waals surface area contributed by atoms with Gasteiger partial charge in [0.1, 0.15) is 0 Å². The van der Waals surface area contributed by atoms with E-state index in [1.165, 1.54) is 19.3 Å². The molecule has 0 radical (unpaired) electrons. The highest BCUT2D eigenvalue weighted by atomic mass is 16.2. The Kier molecular flexibility index (Phi) is 3.06. The van der Waals surface area contributed by atoms with E-state index in [1.807, 2.05) is 0 Å². The van der Waals surface area contributed by atoms with Crippen LogP contribution in [-0.4, -0.2) is 19.0 Å². The van der Waals surface area contributed by atoms with Gasteiger partial charge in [-0.15, -0.1) is 0 Å². The lowest BCUT2D eigenvalue weighted by molar-refractivity contribution is -0.125. The van der Waals surface area contributed by atoms with Gasteiger partial charge < -0.3 is 11.1 Å². The fraction of sp³-hybridized carbons (Fsp3) is 0.909. The second kappa shape index (κ2) is 4.30. The van der Waals surface area contributed by atoms with E-state index in [0.29, 0.717) is 5.92 Å². The summed E-state index contributed by atoms with van der Waals surface area (Å²) in [6, 6.07) is 0. The molecule has 3 nitrogen and oxygen atoms in total. The van der Waals surface area contributed by atoms with Crippen LogP contribution in [0.3, 0.4) is 0 Å². The molecular formula is C11H20N2O. The fourth-order valence-electron chi connectivity index (χ4n) is 2.85. The lowest BCUT2D eigenvalue weighted by atomic mass is 9.69. The van der Waals surface area contributed by atoms with Gasteiger partial charge in [0.25, 0.3) is 0 Å². The normalized spacial score (nSPS) is 29.8. The largest absolute Gasteiger partial charge is 0.356 e. The first-order chi connectivity index (χ1) is 6.83. The zero-order chi connectivity index (χ0) is 9.97. The van der Waals surface area contributed by atoms with Gasteiger partial charge in [0, 0.05) is 12.5 Å². The summed E-state index contributed by atoms with van der Waals surface area (Å²) in [7, 11) is 0. The summed E-state index contributed by atoms with van der Waals surface area (Å²) in [6.45, 7) is 1.60. The van der Waals surface area contributed by atoms with Crippen LogP contribution in [0, 0.1) is 17.8 Å². The van der Waals surface area contributed by atoms with Crippen molar-refractivity contribution in [3.8, 4) is 0 Å². The molecule has 1 amide bonds. The average molecular weight is 196 g/mol. The van der Waals surface area contributed by atoms with Gasteiger partial charge in [0.05, 0.1) is 0 Å². The Bertz CT molecular complexity index is 213. The van der Waals surface area contributed by atoms with Crippen molar-refractivity contribution in [1.82, 2.24) is 5.32 Å². The zero-order valence-electron chi connectivity index (χ0n) is 8.67. The number of amides is 1. The first-order valence-corrected chi connectivity index (χ1v) is 5.80. The SMILES string of the molecule is NCCC(C1CCC1)C1CCNC1=O. The van der Waals surface area contributed by atoms with Gasteiger partial charge in [-0.3, -0.25) is 4.79 Å². The monoisotopic (exact) mass is 196 g/mol. The predicted octanol–water partition coefficient (Wildman–Crippen LogP) is 0.888. The maximum absolute atomic E-state index is 11.6. The molecule has 3 heteroatoms. The number of hydrogen-bond donors (Lipinski definition) is 2. The van der Waals surface area contributed by atoms with Crippen LogP contribution in [0.25, 0.3) is 0 Å². The lowest BCUT2D eigenvalue weighted by Gasteiger charge is -2.36. The standard InChI is InChI=1S/C11H20N2O/c12-6-4-9(8-2-1-3-8)10-5-7-13-11(10)14/h8-10H,1-7,12H2,(H,13,14). The van der Waals surface area contributed by atoms with Crippen molar-refractivity contribution in [3.63, 3.8) is 0 Å². The number of carbonyl (C=O) groups is 1. The van der Waals surface area contributed by atoms with Crippen LogP contribution in [0.4, 0.5) is 0 Å². The molecule has 2 atom stereocenters. The van der Waals surface area contributed by atoms with Gasteiger partial charge in [-0.2, -0.15) is 0 Å². The minimum atomic E-state index is 0.267. The Labute approximate surface area is 85.4 Å². The van der Waals surface area contributed by atoms with E-state index in [4.69, 9.17) is 5.73 Å². The van der Waals surface area contributed by atoms with E-state index in [-0.39, 0.29) is 11.8 Å². The first kappa shape index (κ1) is 9.97. The molecule has 2 aliphatic rings. The van der Waals surface area contributed by atoms with Gasteiger partial charge >= 0.3 is 0 Å². The first-order valence-electron chi connectivity index (χ1n) is 5.80. The van der Waals surface area contributed by atoms with Crippen LogP contribution in [-0.2, 0) is 4.79 Å². The van der Waals surface area contributed by atoms with Gasteiger partial charge in [0.2, 0.25) is 5.91 Å². The highest BCUT2D eigenvalue weighted by Crippen LogP contribution is 2.40. The molecule has 1 aliphatic heterocycles. The van der Waals surface area contributed by atoms with Crippen LogP contribution in [0.1, 0.15) is 32.1 Å². The van der Waals surface area contributed by atoms with E-state index < -0.39 is 0 Å². The molecule has 2 rings (SSSR count). The fourth-order valence-corrected chi connectivity index (χ4v) is 2.85. The molecule has 0 aromatic rings. The van der Waals surface area contributed by atoms with Crippen LogP contribution in [0.5, 0.6) is 0 Å². The summed E-state index contributed by atoms with van der Waals surface area (Å²) >= 11 is 0. The summed E-state index contributed by atoms with van der Waals surface area (Å²) in [5.74, 6) is 1.89. The molecule has 2 fully saturated rings. The van der Waals surface area contributed by atoms with Crippen LogP contribution < -0.4 is 11.1 Å². The number of rotatable bonds is 4. The Morgan fingerprint density at radius 2 is 2.21 bits per heavy atom. The third-order valence-electron chi connectivity index (χ3n) is 3.86. The number of hydrogen-bond acceptors (Lipinski definition) is 2. The Hall–Kier alpha value is -0.570. The molecule has 2 unspecified atom stereocenters. The highest BCUT2D eigenvalue weighted by molar-refractivity contribution is 5.80. The van der Waals surface area contributed by atoms with Crippen molar-refractivity contribution in [2.75, 3.05) is 13.1 Å². The van der Waals surface area contributed by atoms with E-state index in [9.17, 15) is 4.79 Å². The van der Waals surface area contributed by atoms with Crippen LogP contribution in [0.15, 0.2) is 0 Å². The predicted molar refractivity (Wildman–Crippen MR) is 55.6 cm³/mol. The van der Waals surface area contributed by atoms with Gasteiger partial charge in [-0.25, -0.2) is 0 Å². The summed E-state index contributed by atoms with van der Waals surface area (Å²) in [5.41, 5.74) is 5.63. The molecular weight excluding hydrogens is 176 g/mol. The molecule has 1 heterocycles. The van der Waals surface area contributed by atoms with Crippen molar-refractivity contribution in [2.45, 2.75) is 32.1 Å². The minimum absolute atomic E-state index is 0.267. The number of nitrogens with one attached hydrogen (secondary N) is 1.